The third kappa shape index (κ3) is 8.64. The number of carbonyl (C=O) groups is 2. The molecule has 0 radical (unpaired) electrons. The number of carbonyl (C=O) groups excluding carboxylic acids is 2. The van der Waals surface area contributed by atoms with E-state index in [4.69, 9.17) is 11.6 Å². The van der Waals surface area contributed by atoms with Crippen LogP contribution in [0.4, 0.5) is 0 Å². The monoisotopic (exact) mass is 548 g/mol. The van der Waals surface area contributed by atoms with Crippen LogP contribution >= 0.6 is 23.4 Å². The number of hydrogen-bond donors (Lipinski definition) is 1. The number of halogens is 1. The van der Waals surface area contributed by atoms with Crippen LogP contribution in [0.15, 0.2) is 83.8 Å². The summed E-state index contributed by atoms with van der Waals surface area (Å²) in [7, 11) is 0. The normalized spacial score (nSPS) is 14.3. The van der Waals surface area contributed by atoms with Crippen molar-refractivity contribution in [3.63, 3.8) is 0 Å². The predicted octanol–water partition coefficient (Wildman–Crippen LogP) is 7.22. The van der Waals surface area contributed by atoms with E-state index in [9.17, 15) is 9.59 Å². The zero-order valence-corrected chi connectivity index (χ0v) is 23.6. The van der Waals surface area contributed by atoms with Crippen molar-refractivity contribution < 1.29 is 9.59 Å². The number of rotatable bonds is 12. The summed E-state index contributed by atoms with van der Waals surface area (Å²) in [6.07, 6.45) is 5.94. The van der Waals surface area contributed by atoms with Crippen molar-refractivity contribution in [1.82, 2.24) is 10.2 Å². The molecule has 200 valence electrons. The quantitative estimate of drug-likeness (QED) is 0.192. The van der Waals surface area contributed by atoms with Crippen molar-refractivity contribution in [2.75, 3.05) is 5.75 Å². The number of nitrogens with zero attached hydrogens (tertiary/aromatic N) is 1. The number of amides is 2. The second kappa shape index (κ2) is 14.4. The van der Waals surface area contributed by atoms with E-state index >= 15 is 0 Å². The number of thioether (sulfide) groups is 1. The van der Waals surface area contributed by atoms with Crippen LogP contribution < -0.4 is 5.32 Å². The maximum Gasteiger partial charge on any atom is 0.243 e. The molecule has 0 aromatic heterocycles. The molecular formula is C32H37ClN2O2S. The Hall–Kier alpha value is -2.76. The fourth-order valence-corrected chi connectivity index (χ4v) is 6.00. The molecule has 0 aliphatic heterocycles. The van der Waals surface area contributed by atoms with Crippen LogP contribution in [0.2, 0.25) is 5.02 Å². The number of aryl methyl sites for hydroxylation is 1. The van der Waals surface area contributed by atoms with Gasteiger partial charge in [0.1, 0.15) is 6.04 Å². The minimum Gasteiger partial charge on any atom is -0.352 e. The number of nitrogens with one attached hydrogen (secondary N) is 1. The lowest BCUT2D eigenvalue weighted by molar-refractivity contribution is -0.141. The van der Waals surface area contributed by atoms with Gasteiger partial charge in [-0.15, -0.1) is 11.8 Å². The maximum absolute atomic E-state index is 13.8. The minimum absolute atomic E-state index is 0.0192. The van der Waals surface area contributed by atoms with Crippen molar-refractivity contribution in [3.05, 3.63) is 101 Å². The molecule has 1 saturated carbocycles. The van der Waals surface area contributed by atoms with Crippen molar-refractivity contribution in [1.29, 1.82) is 0 Å². The summed E-state index contributed by atoms with van der Waals surface area (Å²) in [5.41, 5.74) is 3.24. The first-order chi connectivity index (χ1) is 18.5. The molecule has 1 aliphatic rings. The Morgan fingerprint density at radius 3 is 2.39 bits per heavy atom. The van der Waals surface area contributed by atoms with Gasteiger partial charge in [-0.2, -0.15) is 0 Å². The molecule has 6 heteroatoms. The van der Waals surface area contributed by atoms with E-state index in [1.165, 1.54) is 0 Å². The molecule has 0 saturated heterocycles. The smallest absolute Gasteiger partial charge is 0.243 e. The highest BCUT2D eigenvalue weighted by atomic mass is 35.5. The van der Waals surface area contributed by atoms with Gasteiger partial charge in [0.05, 0.1) is 0 Å². The standard InChI is InChI=1S/C32H37ClN2O2S/c1-24-9-7-12-26(21-24)23-35(31(36)15-8-20-38-29-18-16-27(33)17-19-29)30(22-25-10-3-2-4-11-25)32(37)34-28-13-5-6-14-28/h2-4,7,9-12,16-19,21,28,30H,5-6,8,13-15,20,22-23H2,1H3,(H,34,37)/t30-/m0/s1. The van der Waals surface area contributed by atoms with Gasteiger partial charge < -0.3 is 10.2 Å². The van der Waals surface area contributed by atoms with Crippen LogP contribution in [0.5, 0.6) is 0 Å². The first kappa shape index (κ1) is 28.3. The summed E-state index contributed by atoms with van der Waals surface area (Å²) in [6.45, 7) is 2.47. The average molecular weight is 549 g/mol. The third-order valence-corrected chi connectivity index (χ3v) is 8.38. The minimum atomic E-state index is -0.560. The molecule has 0 heterocycles. The fourth-order valence-electron chi connectivity index (χ4n) is 5.02. The molecule has 3 aromatic rings. The first-order valence-corrected chi connectivity index (χ1v) is 14.9. The molecule has 1 fully saturated rings. The number of hydrogen-bond acceptors (Lipinski definition) is 3. The van der Waals surface area contributed by atoms with E-state index in [0.717, 1.165) is 64.5 Å². The molecule has 0 spiro atoms. The Labute approximate surface area is 236 Å². The zero-order chi connectivity index (χ0) is 26.7. The van der Waals surface area contributed by atoms with Gasteiger partial charge in [0.2, 0.25) is 11.8 Å². The third-order valence-electron chi connectivity index (χ3n) is 7.03. The van der Waals surface area contributed by atoms with Gasteiger partial charge in [-0.3, -0.25) is 9.59 Å². The fraction of sp³-hybridized carbons (Fsp3) is 0.375. The van der Waals surface area contributed by atoms with Crippen LogP contribution in [-0.2, 0) is 22.6 Å². The van der Waals surface area contributed by atoms with Gasteiger partial charge in [-0.05, 0) is 67.3 Å². The molecular weight excluding hydrogens is 512 g/mol. The largest absolute Gasteiger partial charge is 0.352 e. The van der Waals surface area contributed by atoms with Crippen molar-refractivity contribution >= 4 is 35.2 Å². The van der Waals surface area contributed by atoms with Gasteiger partial charge in [0.15, 0.2) is 0 Å². The summed E-state index contributed by atoms with van der Waals surface area (Å²) < 4.78 is 0. The van der Waals surface area contributed by atoms with Crippen LogP contribution in [0.1, 0.15) is 55.2 Å². The molecule has 0 unspecified atom stereocenters. The Kier molecular flexibility index (Phi) is 10.7. The van der Waals surface area contributed by atoms with E-state index in [-0.39, 0.29) is 17.9 Å². The maximum atomic E-state index is 13.8. The summed E-state index contributed by atoms with van der Waals surface area (Å²) in [6, 6.07) is 25.6. The van der Waals surface area contributed by atoms with Crippen molar-refractivity contribution in [3.8, 4) is 0 Å². The van der Waals surface area contributed by atoms with Crippen LogP contribution in [0.25, 0.3) is 0 Å². The molecule has 4 nitrogen and oxygen atoms in total. The summed E-state index contributed by atoms with van der Waals surface area (Å²) in [5, 5.41) is 4.00. The average Bonchev–Trinajstić information content (AvgIpc) is 3.43. The summed E-state index contributed by atoms with van der Waals surface area (Å²) >= 11 is 7.72. The van der Waals surface area contributed by atoms with Crippen molar-refractivity contribution in [2.24, 2.45) is 0 Å². The SMILES string of the molecule is Cc1cccc(CN(C(=O)CCCSc2ccc(Cl)cc2)[C@@H](Cc2ccccc2)C(=O)NC2CCCC2)c1. The topological polar surface area (TPSA) is 49.4 Å². The van der Waals surface area contributed by atoms with Gasteiger partial charge in [0.25, 0.3) is 0 Å². The van der Waals surface area contributed by atoms with E-state index < -0.39 is 6.04 Å². The van der Waals surface area contributed by atoms with E-state index in [0.29, 0.717) is 19.4 Å². The van der Waals surface area contributed by atoms with Gasteiger partial charge in [0, 0.05) is 35.3 Å². The molecule has 1 aliphatic carbocycles. The van der Waals surface area contributed by atoms with E-state index in [2.05, 4.69) is 24.4 Å². The highest BCUT2D eigenvalue weighted by Gasteiger charge is 2.31. The van der Waals surface area contributed by atoms with Gasteiger partial charge >= 0.3 is 0 Å². The summed E-state index contributed by atoms with van der Waals surface area (Å²) in [5.74, 6) is 0.798. The van der Waals surface area contributed by atoms with Crippen LogP contribution in [0, 0.1) is 6.92 Å². The summed E-state index contributed by atoms with van der Waals surface area (Å²) in [4.78, 5) is 30.5. The lowest BCUT2D eigenvalue weighted by atomic mass is 10.0. The Bertz CT molecular complexity index is 1180. The highest BCUT2D eigenvalue weighted by Crippen LogP contribution is 2.23. The zero-order valence-electron chi connectivity index (χ0n) is 22.1. The molecule has 38 heavy (non-hydrogen) atoms. The van der Waals surface area contributed by atoms with Crippen LogP contribution in [-0.4, -0.2) is 34.6 Å². The predicted molar refractivity (Wildman–Crippen MR) is 157 cm³/mol. The first-order valence-electron chi connectivity index (χ1n) is 13.6. The Morgan fingerprint density at radius 1 is 0.974 bits per heavy atom. The lowest BCUT2D eigenvalue weighted by Crippen LogP contribution is -2.52. The molecule has 3 aromatic carbocycles. The Balaban J connectivity index is 1.51. The number of benzene rings is 3. The second-order valence-electron chi connectivity index (χ2n) is 10.1. The molecule has 4 rings (SSSR count). The second-order valence-corrected chi connectivity index (χ2v) is 11.7. The molecule has 1 N–H and O–H groups in total. The molecule has 1 atom stereocenters. The van der Waals surface area contributed by atoms with E-state index in [1.807, 2.05) is 71.6 Å². The Morgan fingerprint density at radius 2 is 1.68 bits per heavy atom. The van der Waals surface area contributed by atoms with Crippen molar-refractivity contribution in [2.45, 2.75) is 75.4 Å². The van der Waals surface area contributed by atoms with Crippen LogP contribution in [0.3, 0.4) is 0 Å². The molecule has 0 bridgehead atoms. The highest BCUT2D eigenvalue weighted by molar-refractivity contribution is 7.99. The van der Waals surface area contributed by atoms with E-state index in [1.54, 1.807) is 11.8 Å². The lowest BCUT2D eigenvalue weighted by Gasteiger charge is -2.32. The van der Waals surface area contributed by atoms with Gasteiger partial charge in [-0.25, -0.2) is 0 Å². The van der Waals surface area contributed by atoms with Gasteiger partial charge in [-0.1, -0.05) is 84.6 Å². The molecule has 2 amide bonds.